The number of fused-ring (bicyclic) bond motifs is 4. The molecule has 0 aromatic carbocycles. The second kappa shape index (κ2) is 6.71. The fourth-order valence-corrected chi connectivity index (χ4v) is 5.23. The molecule has 3 aliphatic rings. The van der Waals surface area contributed by atoms with E-state index in [0.29, 0.717) is 0 Å². The zero-order valence-corrected chi connectivity index (χ0v) is 13.1. The van der Waals surface area contributed by atoms with E-state index in [2.05, 4.69) is 0 Å². The Hall–Kier alpha value is 0.380. The number of hydrogen-bond donors (Lipinski definition) is 6. The SMILES string of the molecule is O[C@@H]1[C@@H](O)[C@H]2O[C@H](CS[C@@H]3O[C@H](CS2)[C@@H](O)[C@H](O)[C@H]3O)[C@H]1O. The molecule has 10 atom stereocenters. The quantitative estimate of drug-likeness (QED) is 0.267. The maximum atomic E-state index is 9.97. The lowest BCUT2D eigenvalue weighted by Gasteiger charge is -2.45. The third kappa shape index (κ3) is 3.02. The van der Waals surface area contributed by atoms with E-state index in [9.17, 15) is 30.6 Å². The van der Waals surface area contributed by atoms with Gasteiger partial charge in [-0.3, -0.25) is 0 Å². The summed E-state index contributed by atoms with van der Waals surface area (Å²) in [6.07, 6.45) is -9.10. The van der Waals surface area contributed by atoms with Gasteiger partial charge >= 0.3 is 0 Å². The zero-order valence-electron chi connectivity index (χ0n) is 11.5. The molecule has 6 N–H and O–H groups in total. The van der Waals surface area contributed by atoms with Crippen molar-refractivity contribution in [2.75, 3.05) is 11.5 Å². The molecule has 22 heavy (non-hydrogen) atoms. The number of hydrogen-bond acceptors (Lipinski definition) is 10. The van der Waals surface area contributed by atoms with Crippen molar-refractivity contribution in [3.05, 3.63) is 0 Å². The molecule has 10 heteroatoms. The Bertz CT molecular complexity index is 333. The van der Waals surface area contributed by atoms with Gasteiger partial charge in [0, 0.05) is 11.5 Å². The Kier molecular flexibility index (Phi) is 5.25. The van der Waals surface area contributed by atoms with Crippen molar-refractivity contribution >= 4 is 23.5 Å². The summed E-state index contributed by atoms with van der Waals surface area (Å²) in [7, 11) is 0. The van der Waals surface area contributed by atoms with Gasteiger partial charge in [-0.1, -0.05) is 0 Å². The van der Waals surface area contributed by atoms with Gasteiger partial charge in [-0.05, 0) is 0 Å². The summed E-state index contributed by atoms with van der Waals surface area (Å²) in [6.45, 7) is 0. The first kappa shape index (κ1) is 17.2. The Morgan fingerprint density at radius 3 is 1.27 bits per heavy atom. The summed E-state index contributed by atoms with van der Waals surface area (Å²) in [5, 5.41) is 59.7. The van der Waals surface area contributed by atoms with Crippen molar-refractivity contribution in [1.82, 2.24) is 0 Å². The first-order valence-electron chi connectivity index (χ1n) is 7.02. The van der Waals surface area contributed by atoms with Crippen molar-refractivity contribution in [3.8, 4) is 0 Å². The monoisotopic (exact) mass is 356 g/mol. The summed E-state index contributed by atoms with van der Waals surface area (Å²) in [5.74, 6) is 0.415. The van der Waals surface area contributed by atoms with Crippen LogP contribution >= 0.6 is 23.5 Å². The summed E-state index contributed by atoms with van der Waals surface area (Å²) >= 11 is 2.27. The van der Waals surface area contributed by atoms with Crippen LogP contribution in [0.2, 0.25) is 0 Å². The van der Waals surface area contributed by atoms with Crippen LogP contribution in [-0.2, 0) is 9.47 Å². The van der Waals surface area contributed by atoms with Crippen LogP contribution in [0.3, 0.4) is 0 Å². The lowest BCUT2D eigenvalue weighted by Crippen LogP contribution is -2.60. The predicted octanol–water partition coefficient (Wildman–Crippen LogP) is -2.92. The summed E-state index contributed by atoms with van der Waals surface area (Å²) < 4.78 is 11.2. The first-order valence-corrected chi connectivity index (χ1v) is 9.12. The minimum Gasteiger partial charge on any atom is -0.388 e. The second-order valence-electron chi connectivity index (χ2n) is 5.70. The van der Waals surface area contributed by atoms with E-state index in [1.807, 2.05) is 0 Å². The normalized spacial score (nSPS) is 56.5. The van der Waals surface area contributed by atoms with E-state index in [-0.39, 0.29) is 11.5 Å². The zero-order chi connectivity index (χ0) is 16.0. The molecule has 0 saturated carbocycles. The molecule has 128 valence electrons. The van der Waals surface area contributed by atoms with Crippen molar-refractivity contribution < 1.29 is 40.1 Å². The van der Waals surface area contributed by atoms with E-state index in [1.54, 1.807) is 0 Å². The highest BCUT2D eigenvalue weighted by atomic mass is 32.2. The third-order valence-corrected chi connectivity index (χ3v) is 6.67. The first-order chi connectivity index (χ1) is 10.4. The van der Waals surface area contributed by atoms with Gasteiger partial charge in [0.2, 0.25) is 0 Å². The maximum absolute atomic E-state index is 9.97. The van der Waals surface area contributed by atoms with E-state index in [1.165, 1.54) is 0 Å². The second-order valence-corrected chi connectivity index (χ2v) is 7.96. The van der Waals surface area contributed by atoms with Crippen molar-refractivity contribution in [2.45, 2.75) is 59.7 Å². The molecule has 0 spiro atoms. The molecular weight excluding hydrogens is 336 g/mol. The van der Waals surface area contributed by atoms with Gasteiger partial charge in [-0.15, -0.1) is 23.5 Å². The molecule has 3 saturated heterocycles. The van der Waals surface area contributed by atoms with E-state index >= 15 is 0 Å². The fraction of sp³-hybridized carbons (Fsp3) is 1.00. The predicted molar refractivity (Wildman–Crippen MR) is 78.3 cm³/mol. The third-order valence-electron chi connectivity index (χ3n) is 4.19. The minimum atomic E-state index is -1.32. The number of aliphatic hydroxyl groups excluding tert-OH is 6. The van der Waals surface area contributed by atoms with Gasteiger partial charge in [-0.2, -0.15) is 0 Å². The van der Waals surface area contributed by atoms with Gasteiger partial charge < -0.3 is 40.1 Å². The Balaban J connectivity index is 1.79. The van der Waals surface area contributed by atoms with Crippen LogP contribution in [0.25, 0.3) is 0 Å². The van der Waals surface area contributed by atoms with Gasteiger partial charge in [0.1, 0.15) is 47.5 Å². The van der Waals surface area contributed by atoms with Crippen molar-refractivity contribution in [1.29, 1.82) is 0 Å². The molecular formula is C12H20O8S2. The van der Waals surface area contributed by atoms with Crippen molar-refractivity contribution in [2.24, 2.45) is 0 Å². The molecule has 3 heterocycles. The Morgan fingerprint density at radius 1 is 0.545 bits per heavy atom. The average Bonchev–Trinajstić information content (AvgIpc) is 2.52. The molecule has 8 nitrogen and oxygen atoms in total. The molecule has 3 aliphatic heterocycles. The van der Waals surface area contributed by atoms with Crippen LogP contribution in [0.1, 0.15) is 0 Å². The van der Waals surface area contributed by atoms with Crippen LogP contribution in [0.15, 0.2) is 0 Å². The van der Waals surface area contributed by atoms with Gasteiger partial charge in [0.15, 0.2) is 0 Å². The molecule has 0 radical (unpaired) electrons. The molecule has 0 aromatic rings. The van der Waals surface area contributed by atoms with E-state index < -0.39 is 59.7 Å². The van der Waals surface area contributed by atoms with Crippen molar-refractivity contribution in [3.63, 3.8) is 0 Å². The lowest BCUT2D eigenvalue weighted by molar-refractivity contribution is -0.198. The van der Waals surface area contributed by atoms with Crippen LogP contribution in [0.4, 0.5) is 0 Å². The topological polar surface area (TPSA) is 140 Å². The number of aliphatic hydroxyl groups is 6. The molecule has 0 aliphatic carbocycles. The summed E-state index contributed by atoms with van der Waals surface area (Å²) in [4.78, 5) is 0. The number of rotatable bonds is 0. The molecule has 0 aromatic heterocycles. The lowest BCUT2D eigenvalue weighted by atomic mass is 10.0. The fourth-order valence-electron chi connectivity index (χ4n) is 2.76. The number of thioether (sulfide) groups is 2. The smallest absolute Gasteiger partial charge is 0.132 e. The van der Waals surface area contributed by atoms with E-state index in [4.69, 9.17) is 9.47 Å². The molecule has 3 rings (SSSR count). The van der Waals surface area contributed by atoms with Crippen LogP contribution in [-0.4, -0.2) is 102 Å². The summed E-state index contributed by atoms with van der Waals surface area (Å²) in [5.41, 5.74) is -1.53. The Morgan fingerprint density at radius 2 is 0.909 bits per heavy atom. The summed E-state index contributed by atoms with van der Waals surface area (Å²) in [6, 6.07) is 0. The largest absolute Gasteiger partial charge is 0.388 e. The van der Waals surface area contributed by atoms with Crippen LogP contribution in [0.5, 0.6) is 0 Å². The molecule has 3 fully saturated rings. The molecule has 0 amide bonds. The Labute approximate surface area is 135 Å². The van der Waals surface area contributed by atoms with Crippen LogP contribution < -0.4 is 0 Å². The highest BCUT2D eigenvalue weighted by Gasteiger charge is 2.49. The average molecular weight is 356 g/mol. The minimum absolute atomic E-state index is 0.208. The van der Waals surface area contributed by atoms with Gasteiger partial charge in [0.25, 0.3) is 0 Å². The highest BCUT2D eigenvalue weighted by molar-refractivity contribution is 8.00. The molecule has 0 unspecified atom stereocenters. The maximum Gasteiger partial charge on any atom is 0.132 e. The van der Waals surface area contributed by atoms with E-state index in [0.717, 1.165) is 23.5 Å². The highest BCUT2D eigenvalue weighted by Crippen LogP contribution is 2.37. The molecule has 4 bridgehead atoms. The van der Waals surface area contributed by atoms with Gasteiger partial charge in [-0.25, -0.2) is 0 Å². The van der Waals surface area contributed by atoms with Crippen LogP contribution in [0, 0.1) is 0 Å². The number of ether oxygens (including phenoxy) is 2. The van der Waals surface area contributed by atoms with Gasteiger partial charge in [0.05, 0.1) is 12.2 Å². The standard InChI is InChI=1S/C12H20O8S2/c13-5-3-1-21-11-9(17)8(16)6(14)4(20-11)2-22-12(19-3)10(18)7(5)15/h3-18H,1-2H2/t3-,4-,5-,6-,7+,8+,9-,10-,11+,12+/m1/s1.